The molecule has 0 atom stereocenters. The van der Waals surface area contributed by atoms with Gasteiger partial charge in [0.25, 0.3) is 5.91 Å². The average molecular weight is 254 g/mol. The van der Waals surface area contributed by atoms with Crippen molar-refractivity contribution in [1.29, 1.82) is 0 Å². The van der Waals surface area contributed by atoms with Crippen molar-refractivity contribution in [3.05, 3.63) is 28.8 Å². The molecule has 1 fully saturated rings. The van der Waals surface area contributed by atoms with Crippen LogP contribution in [0.25, 0.3) is 0 Å². The minimum absolute atomic E-state index is 0.0528. The molecule has 0 spiro atoms. The standard InChI is InChI=1S/C13H16ClNO2/c1-15(8-9-3-2-4-9)13(17)11-6-5-10(14)7-12(11)16/h5-7,9,16H,2-4,8H2,1H3. The van der Waals surface area contributed by atoms with E-state index in [9.17, 15) is 9.90 Å². The normalized spacial score (nSPS) is 15.4. The van der Waals surface area contributed by atoms with Crippen molar-refractivity contribution < 1.29 is 9.90 Å². The number of phenols is 1. The van der Waals surface area contributed by atoms with Gasteiger partial charge in [-0.15, -0.1) is 0 Å². The molecule has 1 saturated carbocycles. The summed E-state index contributed by atoms with van der Waals surface area (Å²) in [5.74, 6) is 0.424. The molecule has 17 heavy (non-hydrogen) atoms. The zero-order chi connectivity index (χ0) is 12.4. The van der Waals surface area contributed by atoms with Crippen LogP contribution in [-0.2, 0) is 0 Å². The molecule has 0 bridgehead atoms. The van der Waals surface area contributed by atoms with Crippen molar-refractivity contribution in [3.63, 3.8) is 0 Å². The van der Waals surface area contributed by atoms with E-state index < -0.39 is 0 Å². The Bertz CT molecular complexity index is 429. The van der Waals surface area contributed by atoms with Crippen LogP contribution in [0.3, 0.4) is 0 Å². The Morgan fingerprint density at radius 1 is 1.53 bits per heavy atom. The second-order valence-electron chi connectivity index (χ2n) is 4.64. The van der Waals surface area contributed by atoms with Crippen LogP contribution in [0.15, 0.2) is 18.2 Å². The molecule has 2 rings (SSSR count). The number of halogens is 1. The molecule has 1 amide bonds. The molecule has 92 valence electrons. The second kappa shape index (κ2) is 4.96. The van der Waals surface area contributed by atoms with Gasteiger partial charge in [-0.05, 0) is 37.0 Å². The molecule has 0 unspecified atom stereocenters. The van der Waals surface area contributed by atoms with Crippen LogP contribution < -0.4 is 0 Å². The lowest BCUT2D eigenvalue weighted by Crippen LogP contribution is -2.34. The third kappa shape index (κ3) is 2.72. The maximum Gasteiger partial charge on any atom is 0.257 e. The Hall–Kier alpha value is -1.22. The van der Waals surface area contributed by atoms with E-state index in [1.807, 2.05) is 0 Å². The smallest absolute Gasteiger partial charge is 0.257 e. The molecule has 0 aromatic heterocycles. The summed E-state index contributed by atoms with van der Waals surface area (Å²) in [4.78, 5) is 13.7. The van der Waals surface area contributed by atoms with Gasteiger partial charge in [-0.25, -0.2) is 0 Å². The molecule has 3 nitrogen and oxygen atoms in total. The van der Waals surface area contributed by atoms with Crippen LogP contribution in [0.4, 0.5) is 0 Å². The minimum atomic E-state index is -0.147. The Morgan fingerprint density at radius 3 is 2.76 bits per heavy atom. The SMILES string of the molecule is CN(CC1CCC1)C(=O)c1ccc(Cl)cc1O. The summed E-state index contributed by atoms with van der Waals surface area (Å²) in [7, 11) is 1.77. The molecule has 0 saturated heterocycles. The van der Waals surface area contributed by atoms with E-state index in [2.05, 4.69) is 0 Å². The van der Waals surface area contributed by atoms with Crippen molar-refractivity contribution in [2.24, 2.45) is 5.92 Å². The molecule has 1 aromatic carbocycles. The van der Waals surface area contributed by atoms with Gasteiger partial charge in [0.1, 0.15) is 5.75 Å². The van der Waals surface area contributed by atoms with Gasteiger partial charge in [-0.1, -0.05) is 18.0 Å². The Morgan fingerprint density at radius 2 is 2.24 bits per heavy atom. The minimum Gasteiger partial charge on any atom is -0.507 e. The van der Waals surface area contributed by atoms with E-state index >= 15 is 0 Å². The van der Waals surface area contributed by atoms with Crippen molar-refractivity contribution in [1.82, 2.24) is 4.90 Å². The summed E-state index contributed by atoms with van der Waals surface area (Å²) in [6.45, 7) is 0.765. The molecular weight excluding hydrogens is 238 g/mol. The highest BCUT2D eigenvalue weighted by molar-refractivity contribution is 6.30. The molecular formula is C13H16ClNO2. The largest absolute Gasteiger partial charge is 0.507 e. The number of carbonyl (C=O) groups excluding carboxylic acids is 1. The first-order chi connectivity index (χ1) is 8.08. The first-order valence-corrected chi connectivity index (χ1v) is 6.19. The second-order valence-corrected chi connectivity index (χ2v) is 5.08. The van der Waals surface area contributed by atoms with Crippen LogP contribution in [0.5, 0.6) is 5.75 Å². The van der Waals surface area contributed by atoms with Crippen LogP contribution in [-0.4, -0.2) is 29.5 Å². The van der Waals surface area contributed by atoms with Crippen LogP contribution in [0.1, 0.15) is 29.6 Å². The molecule has 1 aliphatic rings. The van der Waals surface area contributed by atoms with Gasteiger partial charge in [-0.3, -0.25) is 4.79 Å². The van der Waals surface area contributed by atoms with E-state index in [1.165, 1.54) is 25.3 Å². The van der Waals surface area contributed by atoms with Crippen molar-refractivity contribution in [3.8, 4) is 5.75 Å². The third-order valence-corrected chi connectivity index (χ3v) is 3.53. The fraction of sp³-hybridized carbons (Fsp3) is 0.462. The number of rotatable bonds is 3. The number of hydrogen-bond acceptors (Lipinski definition) is 2. The van der Waals surface area contributed by atoms with Gasteiger partial charge < -0.3 is 10.0 Å². The summed E-state index contributed by atoms with van der Waals surface area (Å²) in [6.07, 6.45) is 3.66. The number of benzene rings is 1. The van der Waals surface area contributed by atoms with Crippen LogP contribution >= 0.6 is 11.6 Å². The molecule has 1 aromatic rings. The fourth-order valence-electron chi connectivity index (χ4n) is 2.04. The third-order valence-electron chi connectivity index (χ3n) is 3.29. The van der Waals surface area contributed by atoms with Gasteiger partial charge in [0.05, 0.1) is 5.56 Å². The quantitative estimate of drug-likeness (QED) is 0.900. The first-order valence-electron chi connectivity index (χ1n) is 5.82. The predicted octanol–water partition coefficient (Wildman–Crippen LogP) is 2.92. The molecule has 1 N–H and O–H groups in total. The lowest BCUT2D eigenvalue weighted by molar-refractivity contribution is 0.0742. The zero-order valence-corrected chi connectivity index (χ0v) is 10.6. The van der Waals surface area contributed by atoms with Crippen LogP contribution in [0, 0.1) is 5.92 Å². The number of aromatic hydroxyl groups is 1. The highest BCUT2D eigenvalue weighted by atomic mass is 35.5. The van der Waals surface area contributed by atoms with Gasteiger partial charge in [0.2, 0.25) is 0 Å². The maximum atomic E-state index is 12.1. The van der Waals surface area contributed by atoms with Gasteiger partial charge in [-0.2, -0.15) is 0 Å². The van der Waals surface area contributed by atoms with Crippen molar-refractivity contribution >= 4 is 17.5 Å². The first kappa shape index (κ1) is 12.2. The van der Waals surface area contributed by atoms with Crippen molar-refractivity contribution in [2.45, 2.75) is 19.3 Å². The van der Waals surface area contributed by atoms with E-state index in [-0.39, 0.29) is 11.7 Å². The highest BCUT2D eigenvalue weighted by Crippen LogP contribution is 2.28. The van der Waals surface area contributed by atoms with E-state index in [4.69, 9.17) is 11.6 Å². The lowest BCUT2D eigenvalue weighted by Gasteiger charge is -2.30. The number of nitrogens with zero attached hydrogens (tertiary/aromatic N) is 1. The van der Waals surface area contributed by atoms with E-state index in [0.29, 0.717) is 16.5 Å². The monoisotopic (exact) mass is 253 g/mol. The Balaban J connectivity index is 2.07. The predicted molar refractivity (Wildman–Crippen MR) is 67.4 cm³/mol. The molecule has 0 radical (unpaired) electrons. The van der Waals surface area contributed by atoms with E-state index in [1.54, 1.807) is 24.1 Å². The number of phenolic OH excluding ortho intramolecular Hbond substituents is 1. The summed E-state index contributed by atoms with van der Waals surface area (Å²) in [5, 5.41) is 10.1. The fourth-order valence-corrected chi connectivity index (χ4v) is 2.20. The number of hydrogen-bond donors (Lipinski definition) is 1. The number of amides is 1. The highest BCUT2D eigenvalue weighted by Gasteiger charge is 2.23. The van der Waals surface area contributed by atoms with E-state index in [0.717, 1.165) is 6.54 Å². The molecule has 0 aliphatic heterocycles. The molecule has 0 heterocycles. The number of carbonyl (C=O) groups is 1. The maximum absolute atomic E-state index is 12.1. The van der Waals surface area contributed by atoms with Gasteiger partial charge in [0, 0.05) is 18.6 Å². The summed E-state index contributed by atoms with van der Waals surface area (Å²) >= 11 is 5.73. The lowest BCUT2D eigenvalue weighted by atomic mass is 9.85. The van der Waals surface area contributed by atoms with Gasteiger partial charge >= 0.3 is 0 Å². The molecule has 1 aliphatic carbocycles. The Kier molecular flexibility index (Phi) is 3.57. The molecule has 4 heteroatoms. The van der Waals surface area contributed by atoms with Crippen LogP contribution in [0.2, 0.25) is 5.02 Å². The topological polar surface area (TPSA) is 40.5 Å². The van der Waals surface area contributed by atoms with Gasteiger partial charge in [0.15, 0.2) is 0 Å². The zero-order valence-electron chi connectivity index (χ0n) is 9.82. The van der Waals surface area contributed by atoms with Crippen molar-refractivity contribution in [2.75, 3.05) is 13.6 Å². The summed E-state index contributed by atoms with van der Waals surface area (Å²) < 4.78 is 0. The summed E-state index contributed by atoms with van der Waals surface area (Å²) in [6, 6.07) is 4.58. The average Bonchev–Trinajstić information content (AvgIpc) is 2.22. The Labute approximate surface area is 106 Å². The summed E-state index contributed by atoms with van der Waals surface area (Å²) in [5.41, 5.74) is 0.316.